The molecule has 4 heteroatoms. The maximum absolute atomic E-state index is 12.7. The maximum atomic E-state index is 12.7. The minimum absolute atomic E-state index is 0.165. The lowest BCUT2D eigenvalue weighted by Gasteiger charge is -2.29. The largest absolute Gasteiger partial charge is 0.326 e. The van der Waals surface area contributed by atoms with Gasteiger partial charge in [0.25, 0.3) is 0 Å². The second-order valence-electron chi connectivity index (χ2n) is 6.17. The monoisotopic (exact) mass is 357 g/mol. The van der Waals surface area contributed by atoms with Gasteiger partial charge in [-0.15, -0.1) is 0 Å². The number of amides is 1. The van der Waals surface area contributed by atoms with Crippen molar-refractivity contribution in [2.45, 2.75) is 46.0 Å². The van der Waals surface area contributed by atoms with Crippen molar-refractivity contribution in [3.63, 3.8) is 0 Å². The second-order valence-corrected chi connectivity index (χ2v) is 7.43. The lowest BCUT2D eigenvalue weighted by atomic mass is 9.77. The second kappa shape index (κ2) is 6.48. The highest BCUT2D eigenvalue weighted by molar-refractivity contribution is 9.10. The standard InChI is InChI=1S/C16H21BrClNO/c1-11(2)10-16(7-3-4-8-16)15(20)19-12-5-6-14(18)13(17)9-12/h5-6,9,11H,3-4,7-8,10H2,1-2H3,(H,19,20). The molecular formula is C16H21BrClNO. The molecule has 1 aliphatic rings. The normalized spacial score (nSPS) is 17.4. The van der Waals surface area contributed by atoms with Gasteiger partial charge in [0.05, 0.1) is 5.02 Å². The van der Waals surface area contributed by atoms with Gasteiger partial charge in [-0.1, -0.05) is 38.3 Å². The van der Waals surface area contributed by atoms with E-state index in [1.165, 1.54) is 0 Å². The van der Waals surface area contributed by atoms with E-state index in [0.717, 1.165) is 42.3 Å². The van der Waals surface area contributed by atoms with Crippen LogP contribution < -0.4 is 5.32 Å². The average Bonchev–Trinajstić information content (AvgIpc) is 2.83. The first-order valence-electron chi connectivity index (χ1n) is 7.19. The molecule has 0 spiro atoms. The number of rotatable bonds is 4. The van der Waals surface area contributed by atoms with Crippen LogP contribution in [-0.2, 0) is 4.79 Å². The summed E-state index contributed by atoms with van der Waals surface area (Å²) in [7, 11) is 0. The molecule has 20 heavy (non-hydrogen) atoms. The van der Waals surface area contributed by atoms with Gasteiger partial charge in [-0.2, -0.15) is 0 Å². The Balaban J connectivity index is 2.14. The van der Waals surface area contributed by atoms with Crippen LogP contribution in [0.5, 0.6) is 0 Å². The molecule has 0 heterocycles. The van der Waals surface area contributed by atoms with Gasteiger partial charge in [-0.25, -0.2) is 0 Å². The van der Waals surface area contributed by atoms with Crippen molar-refractivity contribution in [2.24, 2.45) is 11.3 Å². The van der Waals surface area contributed by atoms with Crippen molar-refractivity contribution in [3.8, 4) is 0 Å². The molecule has 0 aliphatic heterocycles. The molecule has 0 bridgehead atoms. The van der Waals surface area contributed by atoms with Crippen molar-refractivity contribution in [1.82, 2.24) is 0 Å². The van der Waals surface area contributed by atoms with E-state index < -0.39 is 0 Å². The van der Waals surface area contributed by atoms with E-state index in [4.69, 9.17) is 11.6 Å². The molecule has 1 amide bonds. The number of halogens is 2. The molecule has 1 N–H and O–H groups in total. The fourth-order valence-corrected chi connectivity index (χ4v) is 3.69. The first-order valence-corrected chi connectivity index (χ1v) is 8.36. The zero-order valence-corrected chi connectivity index (χ0v) is 14.4. The van der Waals surface area contributed by atoms with Gasteiger partial charge in [0.2, 0.25) is 5.91 Å². The first kappa shape index (κ1) is 15.8. The highest BCUT2D eigenvalue weighted by atomic mass is 79.9. The summed E-state index contributed by atoms with van der Waals surface area (Å²) in [6, 6.07) is 5.51. The summed E-state index contributed by atoms with van der Waals surface area (Å²) in [5.41, 5.74) is 0.626. The van der Waals surface area contributed by atoms with Crippen molar-refractivity contribution >= 4 is 39.1 Å². The number of carbonyl (C=O) groups excluding carboxylic acids is 1. The fourth-order valence-electron chi connectivity index (χ4n) is 3.19. The molecule has 1 aliphatic carbocycles. The van der Waals surface area contributed by atoms with Crippen molar-refractivity contribution in [1.29, 1.82) is 0 Å². The quantitative estimate of drug-likeness (QED) is 0.740. The average molecular weight is 359 g/mol. The van der Waals surface area contributed by atoms with Crippen molar-refractivity contribution in [2.75, 3.05) is 5.32 Å². The Kier molecular flexibility index (Phi) is 5.14. The lowest BCUT2D eigenvalue weighted by Crippen LogP contribution is -2.35. The maximum Gasteiger partial charge on any atom is 0.230 e. The molecule has 0 aromatic heterocycles. The predicted molar refractivity (Wildman–Crippen MR) is 88.1 cm³/mol. The van der Waals surface area contributed by atoms with Crippen LogP contribution in [0, 0.1) is 11.3 Å². The third-order valence-corrected chi connectivity index (χ3v) is 5.23. The molecule has 0 radical (unpaired) electrons. The van der Waals surface area contributed by atoms with Crippen LogP contribution in [0.2, 0.25) is 5.02 Å². The molecular weight excluding hydrogens is 338 g/mol. The summed E-state index contributed by atoms with van der Waals surface area (Å²) in [5, 5.41) is 3.72. The number of hydrogen-bond donors (Lipinski definition) is 1. The Hall–Kier alpha value is -0.540. The van der Waals surface area contributed by atoms with Crippen molar-refractivity contribution < 1.29 is 4.79 Å². The van der Waals surface area contributed by atoms with Crippen LogP contribution in [0.1, 0.15) is 46.0 Å². The van der Waals surface area contributed by atoms with E-state index in [0.29, 0.717) is 10.9 Å². The predicted octanol–water partition coefficient (Wildman–Crippen LogP) is 5.65. The minimum Gasteiger partial charge on any atom is -0.326 e. The lowest BCUT2D eigenvalue weighted by molar-refractivity contribution is -0.126. The molecule has 0 atom stereocenters. The molecule has 0 unspecified atom stereocenters. The van der Waals surface area contributed by atoms with Crippen LogP contribution in [0.25, 0.3) is 0 Å². The Morgan fingerprint density at radius 1 is 1.40 bits per heavy atom. The zero-order chi connectivity index (χ0) is 14.8. The summed E-state index contributed by atoms with van der Waals surface area (Å²) >= 11 is 9.37. The van der Waals surface area contributed by atoms with Gasteiger partial charge >= 0.3 is 0 Å². The van der Waals surface area contributed by atoms with Gasteiger partial charge in [-0.3, -0.25) is 4.79 Å². The van der Waals surface area contributed by atoms with E-state index in [9.17, 15) is 4.79 Å². The fraction of sp³-hybridized carbons (Fsp3) is 0.562. The van der Waals surface area contributed by atoms with Gasteiger partial charge in [0.1, 0.15) is 0 Å². The van der Waals surface area contributed by atoms with Gasteiger partial charge in [0.15, 0.2) is 0 Å². The van der Waals surface area contributed by atoms with Crippen molar-refractivity contribution in [3.05, 3.63) is 27.7 Å². The molecule has 2 nitrogen and oxygen atoms in total. The molecule has 1 fully saturated rings. The van der Waals surface area contributed by atoms with Crippen LogP contribution in [0.15, 0.2) is 22.7 Å². The van der Waals surface area contributed by atoms with Crippen LogP contribution in [0.4, 0.5) is 5.69 Å². The van der Waals surface area contributed by atoms with Crippen LogP contribution in [-0.4, -0.2) is 5.91 Å². The summed E-state index contributed by atoms with van der Waals surface area (Å²) in [6.07, 6.45) is 5.29. The number of nitrogens with one attached hydrogen (secondary N) is 1. The topological polar surface area (TPSA) is 29.1 Å². The number of benzene rings is 1. The highest BCUT2D eigenvalue weighted by Crippen LogP contribution is 2.44. The third kappa shape index (κ3) is 3.56. The first-order chi connectivity index (χ1) is 9.43. The summed E-state index contributed by atoms with van der Waals surface area (Å²) in [5.74, 6) is 0.703. The van der Waals surface area contributed by atoms with Crippen LogP contribution >= 0.6 is 27.5 Å². The Labute approximate surface area is 134 Å². The summed E-state index contributed by atoms with van der Waals surface area (Å²) in [6.45, 7) is 4.37. The van der Waals surface area contributed by atoms with Gasteiger partial charge < -0.3 is 5.32 Å². The van der Waals surface area contributed by atoms with E-state index in [2.05, 4.69) is 35.1 Å². The molecule has 1 aromatic rings. The molecule has 2 rings (SSSR count). The number of anilines is 1. The molecule has 1 saturated carbocycles. The minimum atomic E-state index is -0.180. The number of hydrogen-bond acceptors (Lipinski definition) is 1. The number of carbonyl (C=O) groups is 1. The Morgan fingerprint density at radius 2 is 2.05 bits per heavy atom. The Morgan fingerprint density at radius 3 is 2.60 bits per heavy atom. The van der Waals surface area contributed by atoms with Crippen LogP contribution in [0.3, 0.4) is 0 Å². The van der Waals surface area contributed by atoms with E-state index >= 15 is 0 Å². The molecule has 0 saturated heterocycles. The SMILES string of the molecule is CC(C)CC1(C(=O)Nc2ccc(Cl)c(Br)c2)CCCC1. The molecule has 110 valence electrons. The molecule has 1 aromatic carbocycles. The Bertz CT molecular complexity index is 495. The van der Waals surface area contributed by atoms with E-state index in [-0.39, 0.29) is 11.3 Å². The zero-order valence-electron chi connectivity index (χ0n) is 12.0. The summed E-state index contributed by atoms with van der Waals surface area (Å²) in [4.78, 5) is 12.7. The van der Waals surface area contributed by atoms with E-state index in [1.807, 2.05) is 12.1 Å². The summed E-state index contributed by atoms with van der Waals surface area (Å²) < 4.78 is 0.807. The van der Waals surface area contributed by atoms with E-state index in [1.54, 1.807) is 6.07 Å². The third-order valence-electron chi connectivity index (χ3n) is 4.02. The van der Waals surface area contributed by atoms with Gasteiger partial charge in [0, 0.05) is 15.6 Å². The highest BCUT2D eigenvalue weighted by Gasteiger charge is 2.41. The van der Waals surface area contributed by atoms with Gasteiger partial charge in [-0.05, 0) is 59.3 Å². The smallest absolute Gasteiger partial charge is 0.230 e.